The van der Waals surface area contributed by atoms with Crippen molar-refractivity contribution in [3.63, 3.8) is 0 Å². The van der Waals surface area contributed by atoms with Crippen LogP contribution in [0.3, 0.4) is 0 Å². The van der Waals surface area contributed by atoms with Gasteiger partial charge in [-0.1, -0.05) is 42.5 Å². The third-order valence-corrected chi connectivity index (χ3v) is 3.00. The summed E-state index contributed by atoms with van der Waals surface area (Å²) in [4.78, 5) is 0. The second-order valence-corrected chi connectivity index (χ2v) is 3.58. The van der Waals surface area contributed by atoms with Gasteiger partial charge in [-0.15, -0.1) is 0 Å². The van der Waals surface area contributed by atoms with Gasteiger partial charge in [0.05, 0.1) is 0 Å². The Kier molecular flexibility index (Phi) is 0.803. The van der Waals surface area contributed by atoms with E-state index >= 15 is 0 Å². The second-order valence-electron chi connectivity index (χ2n) is 3.58. The van der Waals surface area contributed by atoms with Crippen LogP contribution in [0.5, 0.6) is 0 Å². The summed E-state index contributed by atoms with van der Waals surface area (Å²) in [6.45, 7) is 0. The Hall–Kier alpha value is -1.04. The first-order valence-electron chi connectivity index (χ1n) is 4.17. The van der Waals surface area contributed by atoms with Gasteiger partial charge in [0.1, 0.15) is 0 Å². The van der Waals surface area contributed by atoms with E-state index in [0.29, 0.717) is 5.41 Å². The smallest absolute Gasteiger partial charge is 0.0204 e. The fourth-order valence-corrected chi connectivity index (χ4v) is 2.21. The SMILES string of the molecule is C1=CC2=CC=CC3CC23C=C1. The third kappa shape index (κ3) is 0.555. The van der Waals surface area contributed by atoms with E-state index in [1.165, 1.54) is 12.0 Å². The van der Waals surface area contributed by atoms with Crippen LogP contribution in [0.25, 0.3) is 0 Å². The van der Waals surface area contributed by atoms with E-state index in [0.717, 1.165) is 5.92 Å². The molecular formula is C11H10. The van der Waals surface area contributed by atoms with Crippen LogP contribution in [0.2, 0.25) is 0 Å². The average molecular weight is 142 g/mol. The van der Waals surface area contributed by atoms with Gasteiger partial charge >= 0.3 is 0 Å². The van der Waals surface area contributed by atoms with Crippen LogP contribution in [0.1, 0.15) is 6.42 Å². The summed E-state index contributed by atoms with van der Waals surface area (Å²) in [5.41, 5.74) is 1.95. The van der Waals surface area contributed by atoms with Crippen molar-refractivity contribution in [3.8, 4) is 0 Å². The van der Waals surface area contributed by atoms with Crippen LogP contribution >= 0.6 is 0 Å². The van der Waals surface area contributed by atoms with E-state index in [1.807, 2.05) is 0 Å². The normalized spacial score (nSPS) is 42.9. The zero-order valence-electron chi connectivity index (χ0n) is 6.33. The molecule has 11 heavy (non-hydrogen) atoms. The van der Waals surface area contributed by atoms with Crippen molar-refractivity contribution >= 4 is 0 Å². The molecule has 0 radical (unpaired) electrons. The van der Waals surface area contributed by atoms with Crippen molar-refractivity contribution in [3.05, 3.63) is 48.1 Å². The lowest BCUT2D eigenvalue weighted by atomic mass is 9.86. The molecule has 0 N–H and O–H groups in total. The maximum absolute atomic E-state index is 2.35. The summed E-state index contributed by atoms with van der Waals surface area (Å²) in [6.07, 6.45) is 17.0. The van der Waals surface area contributed by atoms with E-state index in [2.05, 4.69) is 42.5 Å². The van der Waals surface area contributed by atoms with E-state index in [9.17, 15) is 0 Å². The zero-order chi connectivity index (χ0) is 7.31. The van der Waals surface area contributed by atoms with Gasteiger partial charge in [0.15, 0.2) is 0 Å². The second kappa shape index (κ2) is 1.58. The van der Waals surface area contributed by atoms with Gasteiger partial charge in [-0.2, -0.15) is 0 Å². The monoisotopic (exact) mass is 142 g/mol. The van der Waals surface area contributed by atoms with Crippen LogP contribution < -0.4 is 0 Å². The highest BCUT2D eigenvalue weighted by atomic mass is 14.6. The van der Waals surface area contributed by atoms with Gasteiger partial charge in [-0.05, 0) is 17.9 Å². The highest BCUT2D eigenvalue weighted by Crippen LogP contribution is 2.62. The molecule has 0 saturated heterocycles. The molecule has 0 aromatic carbocycles. The molecule has 3 aliphatic rings. The highest BCUT2D eigenvalue weighted by molar-refractivity contribution is 5.50. The Morgan fingerprint density at radius 3 is 3.18 bits per heavy atom. The molecule has 0 aliphatic heterocycles. The molecule has 1 spiro atoms. The Labute approximate surface area is 66.6 Å². The lowest BCUT2D eigenvalue weighted by Crippen LogP contribution is -2.06. The molecule has 0 amide bonds. The topological polar surface area (TPSA) is 0 Å². The van der Waals surface area contributed by atoms with Gasteiger partial charge in [-0.25, -0.2) is 0 Å². The van der Waals surface area contributed by atoms with E-state index < -0.39 is 0 Å². The van der Waals surface area contributed by atoms with Crippen LogP contribution in [0.4, 0.5) is 0 Å². The quantitative estimate of drug-likeness (QED) is 0.487. The number of hydrogen-bond donors (Lipinski definition) is 0. The summed E-state index contributed by atoms with van der Waals surface area (Å²) in [6, 6.07) is 0. The maximum atomic E-state index is 2.35. The van der Waals surface area contributed by atoms with E-state index in [4.69, 9.17) is 0 Å². The van der Waals surface area contributed by atoms with E-state index in [-0.39, 0.29) is 0 Å². The fourth-order valence-electron chi connectivity index (χ4n) is 2.21. The molecule has 2 atom stereocenters. The van der Waals surface area contributed by atoms with E-state index in [1.54, 1.807) is 0 Å². The Balaban J connectivity index is 2.18. The standard InChI is InChI=1S/C11H10/c1-2-7-11-8-10(11)6-3-5-9(11)4-1/h1-7,10H,8H2. The van der Waals surface area contributed by atoms with Crippen molar-refractivity contribution in [1.29, 1.82) is 0 Å². The fraction of sp³-hybridized carbons (Fsp3) is 0.273. The van der Waals surface area contributed by atoms with Crippen molar-refractivity contribution < 1.29 is 0 Å². The molecular weight excluding hydrogens is 132 g/mol. The lowest BCUT2D eigenvalue weighted by molar-refractivity contribution is 0.738. The van der Waals surface area contributed by atoms with Crippen molar-refractivity contribution in [2.45, 2.75) is 6.42 Å². The van der Waals surface area contributed by atoms with Crippen molar-refractivity contribution in [2.75, 3.05) is 0 Å². The van der Waals surface area contributed by atoms with Crippen LogP contribution in [0, 0.1) is 11.3 Å². The Bertz CT molecular complexity index is 315. The van der Waals surface area contributed by atoms with Crippen molar-refractivity contribution in [1.82, 2.24) is 0 Å². The minimum atomic E-state index is 0.448. The average Bonchev–Trinajstić information content (AvgIpc) is 2.75. The van der Waals surface area contributed by atoms with Gasteiger partial charge in [0.25, 0.3) is 0 Å². The molecule has 2 unspecified atom stereocenters. The molecule has 0 nitrogen and oxygen atoms in total. The summed E-state index contributed by atoms with van der Waals surface area (Å²) in [5.74, 6) is 0.809. The number of rotatable bonds is 0. The largest absolute Gasteiger partial charge is 0.0802 e. The molecule has 54 valence electrons. The van der Waals surface area contributed by atoms with Crippen molar-refractivity contribution in [2.24, 2.45) is 11.3 Å². The molecule has 1 saturated carbocycles. The molecule has 3 aliphatic carbocycles. The minimum Gasteiger partial charge on any atom is -0.0802 e. The van der Waals surface area contributed by atoms with Gasteiger partial charge < -0.3 is 0 Å². The molecule has 0 aromatic rings. The molecule has 0 aromatic heterocycles. The van der Waals surface area contributed by atoms with Crippen LogP contribution in [-0.2, 0) is 0 Å². The first kappa shape index (κ1) is 5.59. The molecule has 0 heteroatoms. The number of hydrogen-bond acceptors (Lipinski definition) is 0. The maximum Gasteiger partial charge on any atom is 0.0204 e. The lowest BCUT2D eigenvalue weighted by Gasteiger charge is -2.18. The summed E-state index contributed by atoms with van der Waals surface area (Å²) < 4.78 is 0. The molecule has 1 fully saturated rings. The summed E-state index contributed by atoms with van der Waals surface area (Å²) >= 11 is 0. The molecule has 3 rings (SSSR count). The highest BCUT2D eigenvalue weighted by Gasteiger charge is 2.53. The first-order valence-corrected chi connectivity index (χ1v) is 4.17. The van der Waals surface area contributed by atoms with Crippen LogP contribution in [-0.4, -0.2) is 0 Å². The zero-order valence-corrected chi connectivity index (χ0v) is 6.33. The van der Waals surface area contributed by atoms with Gasteiger partial charge in [-0.3, -0.25) is 0 Å². The first-order chi connectivity index (χ1) is 5.42. The predicted molar refractivity (Wildman–Crippen MR) is 46.0 cm³/mol. The molecule has 0 bridgehead atoms. The predicted octanol–water partition coefficient (Wildman–Crippen LogP) is 2.61. The minimum absolute atomic E-state index is 0.448. The Morgan fingerprint density at radius 1 is 1.27 bits per heavy atom. The third-order valence-electron chi connectivity index (χ3n) is 3.00. The molecule has 0 heterocycles. The number of allylic oxidation sites excluding steroid dienone is 8. The summed E-state index contributed by atoms with van der Waals surface area (Å²) in [7, 11) is 0. The van der Waals surface area contributed by atoms with Gasteiger partial charge in [0.2, 0.25) is 0 Å². The van der Waals surface area contributed by atoms with Gasteiger partial charge in [0, 0.05) is 5.41 Å². The Morgan fingerprint density at radius 2 is 2.27 bits per heavy atom. The van der Waals surface area contributed by atoms with Crippen LogP contribution in [0.15, 0.2) is 48.1 Å². The summed E-state index contributed by atoms with van der Waals surface area (Å²) in [5, 5.41) is 0.